The largest absolute Gasteiger partial charge is 0.379 e. The van der Waals surface area contributed by atoms with Gasteiger partial charge in [0, 0.05) is 63.8 Å². The third-order valence-electron chi connectivity index (χ3n) is 5.71. The molecular weight excluding hydrogens is 499 g/mol. The highest BCUT2D eigenvalue weighted by molar-refractivity contribution is 14.0. The molecule has 1 N–H and O–H groups in total. The van der Waals surface area contributed by atoms with Crippen LogP contribution in [0.1, 0.15) is 28.8 Å². The summed E-state index contributed by atoms with van der Waals surface area (Å²) in [5, 5.41) is 10.1. The fraction of sp³-hybridized carbons (Fsp3) is 0.600. The van der Waals surface area contributed by atoms with Gasteiger partial charge in [0.15, 0.2) is 5.96 Å². The highest BCUT2D eigenvalue weighted by Crippen LogP contribution is 2.28. The zero-order chi connectivity index (χ0) is 19.3. The summed E-state index contributed by atoms with van der Waals surface area (Å²) in [4.78, 5) is 10.9. The van der Waals surface area contributed by atoms with E-state index < -0.39 is 0 Å². The van der Waals surface area contributed by atoms with Crippen LogP contribution in [0, 0.1) is 0 Å². The highest BCUT2D eigenvalue weighted by atomic mass is 127. The van der Waals surface area contributed by atoms with E-state index in [0.29, 0.717) is 12.0 Å². The first-order valence-electron chi connectivity index (χ1n) is 10.0. The topological polar surface area (TPSA) is 57.9 Å². The van der Waals surface area contributed by atoms with Crippen molar-refractivity contribution in [1.82, 2.24) is 24.9 Å². The predicted molar refractivity (Wildman–Crippen MR) is 128 cm³/mol. The van der Waals surface area contributed by atoms with Crippen molar-refractivity contribution in [3.8, 4) is 0 Å². The van der Waals surface area contributed by atoms with Gasteiger partial charge in [-0.05, 0) is 23.4 Å². The van der Waals surface area contributed by atoms with E-state index in [1.807, 2.05) is 36.3 Å². The molecule has 0 amide bonds. The first-order valence-corrected chi connectivity index (χ1v) is 10.9. The molecule has 0 saturated carbocycles. The standard InChI is InChI=1S/C20H30N6OS.HI/c1-21-20(26-6-5-16(15-26)17-12-23-24(2)14-17)22-13-18(19-4-3-11-28-19)25-7-9-27-10-8-25;/h3-4,11-12,14,16,18H,5-10,13,15H2,1-2H3,(H,21,22);1H. The van der Waals surface area contributed by atoms with Gasteiger partial charge in [0.2, 0.25) is 0 Å². The number of nitrogens with zero attached hydrogens (tertiary/aromatic N) is 5. The molecule has 2 aromatic rings. The summed E-state index contributed by atoms with van der Waals surface area (Å²) in [5.41, 5.74) is 1.32. The Bertz CT molecular complexity index is 774. The summed E-state index contributed by atoms with van der Waals surface area (Å²) < 4.78 is 7.44. The van der Waals surface area contributed by atoms with Gasteiger partial charge in [0.25, 0.3) is 0 Å². The van der Waals surface area contributed by atoms with Gasteiger partial charge in [0.05, 0.1) is 25.5 Å². The van der Waals surface area contributed by atoms with E-state index in [2.05, 4.69) is 48.9 Å². The number of morpholine rings is 1. The molecule has 2 saturated heterocycles. The van der Waals surface area contributed by atoms with Crippen LogP contribution >= 0.6 is 35.3 Å². The number of halogens is 1. The molecular formula is C20H31IN6OS. The van der Waals surface area contributed by atoms with Crippen molar-refractivity contribution in [2.45, 2.75) is 18.4 Å². The molecule has 2 unspecified atom stereocenters. The summed E-state index contributed by atoms with van der Waals surface area (Å²) >= 11 is 1.83. The first kappa shape index (κ1) is 22.5. The minimum absolute atomic E-state index is 0. The lowest BCUT2D eigenvalue weighted by Crippen LogP contribution is -2.46. The number of aryl methyl sites for hydroxylation is 1. The van der Waals surface area contributed by atoms with Crippen LogP contribution in [0.4, 0.5) is 0 Å². The number of aromatic nitrogens is 2. The predicted octanol–water partition coefficient (Wildman–Crippen LogP) is 2.54. The fourth-order valence-electron chi connectivity index (χ4n) is 4.18. The molecule has 7 nitrogen and oxygen atoms in total. The second-order valence-electron chi connectivity index (χ2n) is 7.49. The van der Waals surface area contributed by atoms with E-state index in [1.165, 1.54) is 10.4 Å². The zero-order valence-corrected chi connectivity index (χ0v) is 20.3. The molecule has 160 valence electrons. The second-order valence-corrected chi connectivity index (χ2v) is 8.47. The average Bonchev–Trinajstić information content (AvgIpc) is 3.48. The van der Waals surface area contributed by atoms with E-state index in [1.54, 1.807) is 0 Å². The van der Waals surface area contributed by atoms with E-state index in [9.17, 15) is 0 Å². The monoisotopic (exact) mass is 530 g/mol. The Morgan fingerprint density at radius 3 is 2.86 bits per heavy atom. The lowest BCUT2D eigenvalue weighted by atomic mass is 10.0. The van der Waals surface area contributed by atoms with Gasteiger partial charge >= 0.3 is 0 Å². The second kappa shape index (κ2) is 10.7. The SMILES string of the molecule is CN=C(NCC(c1cccs1)N1CCOCC1)N1CCC(c2cnn(C)c2)C1.I. The van der Waals surface area contributed by atoms with Gasteiger partial charge in [-0.15, -0.1) is 35.3 Å². The van der Waals surface area contributed by atoms with Gasteiger partial charge in [-0.3, -0.25) is 14.6 Å². The van der Waals surface area contributed by atoms with E-state index >= 15 is 0 Å². The van der Waals surface area contributed by atoms with Crippen LogP contribution in [-0.4, -0.2) is 78.5 Å². The van der Waals surface area contributed by atoms with E-state index in [4.69, 9.17) is 4.74 Å². The molecule has 4 rings (SSSR count). The number of rotatable bonds is 5. The van der Waals surface area contributed by atoms with Gasteiger partial charge < -0.3 is 15.0 Å². The quantitative estimate of drug-likeness (QED) is 0.366. The Balaban J connectivity index is 0.00000240. The normalized spacial score (nSPS) is 21.8. The van der Waals surface area contributed by atoms with Crippen LogP contribution in [-0.2, 0) is 11.8 Å². The lowest BCUT2D eigenvalue weighted by molar-refractivity contribution is 0.0176. The van der Waals surface area contributed by atoms with Crippen LogP contribution in [0.15, 0.2) is 34.9 Å². The van der Waals surface area contributed by atoms with Crippen molar-refractivity contribution in [3.05, 3.63) is 40.3 Å². The van der Waals surface area contributed by atoms with Crippen molar-refractivity contribution in [3.63, 3.8) is 0 Å². The van der Waals surface area contributed by atoms with Crippen molar-refractivity contribution in [1.29, 1.82) is 0 Å². The molecule has 29 heavy (non-hydrogen) atoms. The maximum Gasteiger partial charge on any atom is 0.193 e. The molecule has 2 fully saturated rings. The first-order chi connectivity index (χ1) is 13.7. The molecule has 2 atom stereocenters. The van der Waals surface area contributed by atoms with Crippen LogP contribution in [0.5, 0.6) is 0 Å². The summed E-state index contributed by atoms with van der Waals surface area (Å²) in [6, 6.07) is 4.74. The molecule has 2 aromatic heterocycles. The molecule has 9 heteroatoms. The molecule has 0 aliphatic carbocycles. The highest BCUT2D eigenvalue weighted by Gasteiger charge is 2.28. The van der Waals surface area contributed by atoms with Crippen molar-refractivity contribution >= 4 is 41.3 Å². The molecule has 4 heterocycles. The maximum atomic E-state index is 5.55. The average molecular weight is 530 g/mol. The van der Waals surface area contributed by atoms with Crippen molar-refractivity contribution in [2.75, 3.05) is 53.0 Å². The Labute approximate surface area is 194 Å². The number of guanidine groups is 1. The van der Waals surface area contributed by atoms with E-state index in [0.717, 1.165) is 58.3 Å². The molecule has 0 aromatic carbocycles. The van der Waals surface area contributed by atoms with Crippen molar-refractivity contribution < 1.29 is 4.74 Å². The summed E-state index contributed by atoms with van der Waals surface area (Å²) in [6.45, 7) is 6.48. The molecule has 0 radical (unpaired) electrons. The smallest absolute Gasteiger partial charge is 0.193 e. The third kappa shape index (κ3) is 5.50. The number of thiophene rings is 1. The number of hydrogen-bond acceptors (Lipinski definition) is 5. The van der Waals surface area contributed by atoms with Crippen LogP contribution in [0.3, 0.4) is 0 Å². The Kier molecular flexibility index (Phi) is 8.34. The summed E-state index contributed by atoms with van der Waals surface area (Å²) in [5.74, 6) is 1.53. The number of hydrogen-bond donors (Lipinski definition) is 1. The lowest BCUT2D eigenvalue weighted by Gasteiger charge is -2.35. The fourth-order valence-corrected chi connectivity index (χ4v) is 5.04. The maximum absolute atomic E-state index is 5.55. The number of ether oxygens (including phenoxy) is 1. The van der Waals surface area contributed by atoms with Gasteiger partial charge in [-0.25, -0.2) is 0 Å². The minimum Gasteiger partial charge on any atom is -0.379 e. The minimum atomic E-state index is 0. The third-order valence-corrected chi connectivity index (χ3v) is 6.68. The molecule has 0 spiro atoms. The Morgan fingerprint density at radius 2 is 2.21 bits per heavy atom. The number of aliphatic imine (C=N–C) groups is 1. The zero-order valence-electron chi connectivity index (χ0n) is 17.2. The number of nitrogens with one attached hydrogen (secondary N) is 1. The van der Waals surface area contributed by atoms with E-state index in [-0.39, 0.29) is 24.0 Å². The van der Waals surface area contributed by atoms with Gasteiger partial charge in [0.1, 0.15) is 0 Å². The van der Waals surface area contributed by atoms with Crippen LogP contribution in [0.25, 0.3) is 0 Å². The van der Waals surface area contributed by atoms with Gasteiger partial charge in [-0.2, -0.15) is 5.10 Å². The Morgan fingerprint density at radius 1 is 1.38 bits per heavy atom. The molecule has 0 bridgehead atoms. The van der Waals surface area contributed by atoms with Crippen molar-refractivity contribution in [2.24, 2.45) is 12.0 Å². The number of likely N-dealkylation sites (tertiary alicyclic amines) is 1. The van der Waals surface area contributed by atoms with Gasteiger partial charge in [-0.1, -0.05) is 6.07 Å². The summed E-state index contributed by atoms with van der Waals surface area (Å²) in [6.07, 6.45) is 5.27. The summed E-state index contributed by atoms with van der Waals surface area (Å²) in [7, 11) is 3.86. The Hall–Kier alpha value is -1.17. The van der Waals surface area contributed by atoms with Crippen LogP contribution < -0.4 is 5.32 Å². The molecule has 2 aliphatic rings. The molecule has 2 aliphatic heterocycles. The van der Waals surface area contributed by atoms with Crippen LogP contribution in [0.2, 0.25) is 0 Å².